The van der Waals surface area contributed by atoms with E-state index in [-0.39, 0.29) is 5.56 Å². The van der Waals surface area contributed by atoms with Gasteiger partial charge in [0.15, 0.2) is 0 Å². The van der Waals surface area contributed by atoms with E-state index < -0.39 is 11.6 Å². The average molecular weight is 334 g/mol. The second kappa shape index (κ2) is 6.77. The van der Waals surface area contributed by atoms with Crippen molar-refractivity contribution in [3.63, 3.8) is 0 Å². The van der Waals surface area contributed by atoms with E-state index >= 15 is 0 Å². The van der Waals surface area contributed by atoms with Gasteiger partial charge >= 0.3 is 0 Å². The van der Waals surface area contributed by atoms with E-state index in [1.165, 1.54) is 12.1 Å². The fourth-order valence-electron chi connectivity index (χ4n) is 2.41. The van der Waals surface area contributed by atoms with Gasteiger partial charge in [-0.15, -0.1) is 0 Å². The molecule has 0 atom stereocenters. The first-order valence-electron chi connectivity index (χ1n) is 6.58. The summed E-state index contributed by atoms with van der Waals surface area (Å²) in [5, 5.41) is 0. The number of halogens is 3. The second-order valence-corrected chi connectivity index (χ2v) is 5.61. The van der Waals surface area contributed by atoms with Crippen molar-refractivity contribution in [3.05, 3.63) is 33.8 Å². The van der Waals surface area contributed by atoms with Crippen LogP contribution in [0.2, 0.25) is 0 Å². The third-order valence-electron chi connectivity index (χ3n) is 3.46. The van der Waals surface area contributed by atoms with Crippen molar-refractivity contribution in [2.75, 3.05) is 19.7 Å². The number of rotatable bonds is 4. The third-order valence-corrected chi connectivity index (χ3v) is 4.07. The first kappa shape index (κ1) is 14.9. The highest BCUT2D eigenvalue weighted by Crippen LogP contribution is 2.24. The molecule has 0 unspecified atom stereocenters. The molecule has 0 bridgehead atoms. The van der Waals surface area contributed by atoms with Gasteiger partial charge in [0.1, 0.15) is 11.6 Å². The zero-order chi connectivity index (χ0) is 13.8. The molecule has 106 valence electrons. The molecular formula is C14H18BrF2NO. The summed E-state index contributed by atoms with van der Waals surface area (Å²) in [6.45, 7) is 4.65. The van der Waals surface area contributed by atoms with Crippen LogP contribution < -0.4 is 0 Å². The third kappa shape index (κ3) is 3.74. The number of hydrogen-bond acceptors (Lipinski definition) is 2. The first-order valence-corrected chi connectivity index (χ1v) is 7.37. The van der Waals surface area contributed by atoms with Crippen molar-refractivity contribution in [1.82, 2.24) is 4.90 Å². The predicted molar refractivity (Wildman–Crippen MR) is 74.0 cm³/mol. The minimum Gasteiger partial charge on any atom is -0.378 e. The predicted octanol–water partition coefficient (Wildman–Crippen LogP) is 3.73. The van der Waals surface area contributed by atoms with Gasteiger partial charge in [0.2, 0.25) is 0 Å². The number of benzene rings is 1. The van der Waals surface area contributed by atoms with Crippen molar-refractivity contribution in [2.24, 2.45) is 0 Å². The highest BCUT2D eigenvalue weighted by molar-refractivity contribution is 9.10. The lowest BCUT2D eigenvalue weighted by atomic mass is 10.1. The molecule has 19 heavy (non-hydrogen) atoms. The first-order chi connectivity index (χ1) is 9.11. The Labute approximate surface area is 120 Å². The summed E-state index contributed by atoms with van der Waals surface area (Å²) >= 11 is 3.09. The van der Waals surface area contributed by atoms with Gasteiger partial charge in [0, 0.05) is 31.8 Å². The van der Waals surface area contributed by atoms with Gasteiger partial charge in [-0.3, -0.25) is 4.90 Å². The maximum atomic E-state index is 13.9. The van der Waals surface area contributed by atoms with Crippen molar-refractivity contribution >= 4 is 15.9 Å². The summed E-state index contributed by atoms with van der Waals surface area (Å²) in [6.07, 6.45) is 2.13. The van der Waals surface area contributed by atoms with Gasteiger partial charge in [-0.2, -0.15) is 0 Å². The Kier molecular flexibility index (Phi) is 5.30. The second-order valence-electron chi connectivity index (χ2n) is 4.75. The molecule has 1 saturated heterocycles. The molecular weight excluding hydrogens is 316 g/mol. The Morgan fingerprint density at radius 1 is 1.32 bits per heavy atom. The molecule has 0 aliphatic carbocycles. The van der Waals surface area contributed by atoms with E-state index in [1.54, 1.807) is 0 Å². The quantitative estimate of drug-likeness (QED) is 0.778. The molecule has 0 spiro atoms. The SMILES string of the molecule is CCOC1CCN(Cc2c(F)ccc(Br)c2F)CC1. The van der Waals surface area contributed by atoms with Crippen LogP contribution in [0, 0.1) is 11.6 Å². The minimum atomic E-state index is -0.494. The molecule has 2 rings (SSSR count). The van der Waals surface area contributed by atoms with Crippen LogP contribution in [0.5, 0.6) is 0 Å². The van der Waals surface area contributed by atoms with Gasteiger partial charge in [-0.05, 0) is 47.8 Å². The maximum absolute atomic E-state index is 13.9. The number of hydrogen-bond donors (Lipinski definition) is 0. The number of piperidine rings is 1. The van der Waals surface area contributed by atoms with Gasteiger partial charge in [-0.1, -0.05) is 0 Å². The molecule has 1 aliphatic rings. The standard InChI is InChI=1S/C14H18BrF2NO/c1-2-19-10-5-7-18(8-6-10)9-11-13(16)4-3-12(15)14(11)17/h3-4,10H,2,5-9H2,1H3. The fraction of sp³-hybridized carbons (Fsp3) is 0.571. The van der Waals surface area contributed by atoms with E-state index in [4.69, 9.17) is 4.74 Å². The number of likely N-dealkylation sites (tertiary alicyclic amines) is 1. The molecule has 0 radical (unpaired) electrons. The van der Waals surface area contributed by atoms with E-state index in [0.29, 0.717) is 17.1 Å². The average Bonchev–Trinajstić information content (AvgIpc) is 2.41. The van der Waals surface area contributed by atoms with E-state index in [1.807, 2.05) is 6.92 Å². The lowest BCUT2D eigenvalue weighted by Gasteiger charge is -2.31. The van der Waals surface area contributed by atoms with E-state index in [2.05, 4.69) is 20.8 Å². The number of ether oxygens (including phenoxy) is 1. The highest BCUT2D eigenvalue weighted by atomic mass is 79.9. The van der Waals surface area contributed by atoms with E-state index in [0.717, 1.165) is 32.5 Å². The molecule has 5 heteroatoms. The fourth-order valence-corrected chi connectivity index (χ4v) is 2.78. The zero-order valence-electron chi connectivity index (χ0n) is 11.0. The van der Waals surface area contributed by atoms with Crippen molar-refractivity contribution in [2.45, 2.75) is 32.4 Å². The highest BCUT2D eigenvalue weighted by Gasteiger charge is 2.22. The van der Waals surface area contributed by atoms with Gasteiger partial charge in [0.25, 0.3) is 0 Å². The minimum absolute atomic E-state index is 0.143. The van der Waals surface area contributed by atoms with Crippen LogP contribution >= 0.6 is 15.9 Å². The molecule has 1 aromatic rings. The zero-order valence-corrected chi connectivity index (χ0v) is 12.6. The Morgan fingerprint density at radius 3 is 2.63 bits per heavy atom. The Balaban J connectivity index is 1.98. The van der Waals surface area contributed by atoms with Crippen LogP contribution in [-0.2, 0) is 11.3 Å². The van der Waals surface area contributed by atoms with Crippen LogP contribution in [-0.4, -0.2) is 30.7 Å². The normalized spacial score (nSPS) is 17.9. The topological polar surface area (TPSA) is 12.5 Å². The van der Waals surface area contributed by atoms with Crippen LogP contribution in [0.1, 0.15) is 25.3 Å². The van der Waals surface area contributed by atoms with Gasteiger partial charge in [0.05, 0.1) is 10.6 Å². The summed E-state index contributed by atoms with van der Waals surface area (Å²) in [7, 11) is 0. The van der Waals surface area contributed by atoms with Crippen LogP contribution in [0.25, 0.3) is 0 Å². The summed E-state index contributed by atoms with van der Waals surface area (Å²) in [6, 6.07) is 2.70. The Hall–Kier alpha value is -0.520. The molecule has 1 heterocycles. The monoisotopic (exact) mass is 333 g/mol. The van der Waals surface area contributed by atoms with Crippen molar-refractivity contribution in [3.8, 4) is 0 Å². The molecule has 2 nitrogen and oxygen atoms in total. The van der Waals surface area contributed by atoms with Gasteiger partial charge < -0.3 is 4.74 Å². The Morgan fingerprint density at radius 2 is 2.00 bits per heavy atom. The van der Waals surface area contributed by atoms with Crippen LogP contribution in [0.15, 0.2) is 16.6 Å². The lowest BCUT2D eigenvalue weighted by Crippen LogP contribution is -2.37. The molecule has 1 aliphatic heterocycles. The summed E-state index contributed by atoms with van der Waals surface area (Å²) < 4.78 is 33.4. The molecule has 0 aromatic heterocycles. The smallest absolute Gasteiger partial charge is 0.144 e. The molecule has 1 aromatic carbocycles. The lowest BCUT2D eigenvalue weighted by molar-refractivity contribution is 0.0121. The summed E-state index contributed by atoms with van der Waals surface area (Å²) in [5.74, 6) is -0.973. The van der Waals surface area contributed by atoms with Crippen LogP contribution in [0.4, 0.5) is 8.78 Å². The van der Waals surface area contributed by atoms with Crippen LogP contribution in [0.3, 0.4) is 0 Å². The van der Waals surface area contributed by atoms with Crippen molar-refractivity contribution < 1.29 is 13.5 Å². The molecule has 1 fully saturated rings. The van der Waals surface area contributed by atoms with Crippen molar-refractivity contribution in [1.29, 1.82) is 0 Å². The molecule has 0 amide bonds. The molecule has 0 saturated carbocycles. The van der Waals surface area contributed by atoms with E-state index in [9.17, 15) is 8.78 Å². The number of nitrogens with zero attached hydrogens (tertiary/aromatic N) is 1. The summed E-state index contributed by atoms with van der Waals surface area (Å²) in [5.41, 5.74) is 0.143. The van der Waals surface area contributed by atoms with Gasteiger partial charge in [-0.25, -0.2) is 8.78 Å². The largest absolute Gasteiger partial charge is 0.378 e. The Bertz CT molecular complexity index is 434. The maximum Gasteiger partial charge on any atom is 0.144 e. The molecule has 0 N–H and O–H groups in total. The summed E-state index contributed by atoms with van der Waals surface area (Å²) in [4.78, 5) is 2.07.